The van der Waals surface area contributed by atoms with Crippen LogP contribution in [0.25, 0.3) is 0 Å². The van der Waals surface area contributed by atoms with Crippen LogP contribution in [0.3, 0.4) is 0 Å². The van der Waals surface area contributed by atoms with Gasteiger partial charge in [0.25, 0.3) is 0 Å². The van der Waals surface area contributed by atoms with Crippen LogP contribution in [0, 0.1) is 5.92 Å². The van der Waals surface area contributed by atoms with Crippen molar-refractivity contribution in [3.8, 4) is 0 Å². The van der Waals surface area contributed by atoms with Crippen LogP contribution in [0.15, 0.2) is 12.4 Å². The third kappa shape index (κ3) is 7.02. The molecule has 1 heterocycles. The third-order valence-electron chi connectivity index (χ3n) is 2.95. The van der Waals surface area contributed by atoms with Crippen molar-refractivity contribution in [1.82, 2.24) is 15.1 Å². The van der Waals surface area contributed by atoms with Gasteiger partial charge in [-0.25, -0.2) is 0 Å². The molecule has 110 valence electrons. The maximum absolute atomic E-state index is 4.36. The van der Waals surface area contributed by atoms with Crippen LogP contribution in [-0.4, -0.2) is 33.9 Å². The summed E-state index contributed by atoms with van der Waals surface area (Å²) in [7, 11) is 0. The normalized spacial score (nSPS) is 13.1. The van der Waals surface area contributed by atoms with E-state index in [4.69, 9.17) is 0 Å². The van der Waals surface area contributed by atoms with Crippen LogP contribution in [0.1, 0.15) is 39.7 Å². The van der Waals surface area contributed by atoms with Crippen molar-refractivity contribution >= 4 is 11.8 Å². The first-order valence-corrected chi connectivity index (χ1v) is 8.63. The molecule has 0 aliphatic carbocycles. The molecule has 19 heavy (non-hydrogen) atoms. The molecule has 1 unspecified atom stereocenters. The third-order valence-corrected chi connectivity index (χ3v) is 4.49. The van der Waals surface area contributed by atoms with E-state index in [0.29, 0.717) is 6.04 Å². The molecule has 4 heteroatoms. The van der Waals surface area contributed by atoms with Gasteiger partial charge in [0, 0.05) is 24.5 Å². The molecule has 1 N–H and O–H groups in total. The van der Waals surface area contributed by atoms with Crippen molar-refractivity contribution in [2.24, 2.45) is 5.92 Å². The molecule has 1 atom stereocenters. The Morgan fingerprint density at radius 3 is 2.68 bits per heavy atom. The molecule has 1 rings (SSSR count). The summed E-state index contributed by atoms with van der Waals surface area (Å²) in [5.41, 5.74) is 1.35. The highest BCUT2D eigenvalue weighted by molar-refractivity contribution is 7.99. The predicted octanol–water partition coefficient (Wildman–Crippen LogP) is 3.20. The second kappa shape index (κ2) is 9.43. The van der Waals surface area contributed by atoms with Gasteiger partial charge >= 0.3 is 0 Å². The zero-order valence-corrected chi connectivity index (χ0v) is 13.7. The van der Waals surface area contributed by atoms with Crippen molar-refractivity contribution in [1.29, 1.82) is 0 Å². The van der Waals surface area contributed by atoms with Crippen molar-refractivity contribution in [3.63, 3.8) is 0 Å². The summed E-state index contributed by atoms with van der Waals surface area (Å²) in [4.78, 5) is 0. The monoisotopic (exact) mass is 283 g/mol. The molecule has 3 nitrogen and oxygen atoms in total. The minimum absolute atomic E-state index is 0.568. The first-order chi connectivity index (χ1) is 9.15. The zero-order chi connectivity index (χ0) is 14.1. The second-order valence-corrected chi connectivity index (χ2v) is 6.57. The summed E-state index contributed by atoms with van der Waals surface area (Å²) in [6.07, 6.45) is 6.47. The Labute approximate surface area is 122 Å². The van der Waals surface area contributed by atoms with Crippen LogP contribution >= 0.6 is 11.8 Å². The van der Waals surface area contributed by atoms with Crippen molar-refractivity contribution in [2.45, 2.75) is 53.1 Å². The number of nitrogens with zero attached hydrogens (tertiary/aromatic N) is 2. The molecule has 0 aromatic carbocycles. The van der Waals surface area contributed by atoms with Gasteiger partial charge < -0.3 is 5.32 Å². The number of hydrogen-bond donors (Lipinski definition) is 1. The smallest absolute Gasteiger partial charge is 0.0522 e. The molecular weight excluding hydrogens is 254 g/mol. The van der Waals surface area contributed by atoms with Gasteiger partial charge in [-0.3, -0.25) is 4.68 Å². The zero-order valence-electron chi connectivity index (χ0n) is 12.9. The van der Waals surface area contributed by atoms with E-state index in [0.717, 1.165) is 25.4 Å². The van der Waals surface area contributed by atoms with E-state index < -0.39 is 0 Å². The average Bonchev–Trinajstić information content (AvgIpc) is 2.83. The average molecular weight is 283 g/mol. The van der Waals surface area contributed by atoms with Gasteiger partial charge in [0.15, 0.2) is 0 Å². The summed E-state index contributed by atoms with van der Waals surface area (Å²) in [6, 6.07) is 0.568. The lowest BCUT2D eigenvalue weighted by Crippen LogP contribution is -2.34. The van der Waals surface area contributed by atoms with E-state index in [9.17, 15) is 0 Å². The van der Waals surface area contributed by atoms with Crippen LogP contribution in [0.5, 0.6) is 0 Å². The van der Waals surface area contributed by atoms with E-state index in [1.807, 2.05) is 10.9 Å². The van der Waals surface area contributed by atoms with Crippen LogP contribution in [-0.2, 0) is 13.0 Å². The van der Waals surface area contributed by atoms with E-state index in [2.05, 4.69) is 56.1 Å². The number of aryl methyl sites for hydroxylation is 1. The maximum Gasteiger partial charge on any atom is 0.0522 e. The number of aromatic nitrogens is 2. The second-order valence-electron chi connectivity index (χ2n) is 5.49. The highest BCUT2D eigenvalue weighted by Gasteiger charge is 2.10. The number of nitrogens with one attached hydrogen (secondary N) is 1. The molecule has 0 saturated carbocycles. The molecule has 0 bridgehead atoms. The number of rotatable bonds is 10. The van der Waals surface area contributed by atoms with Crippen LogP contribution < -0.4 is 5.32 Å². The minimum atomic E-state index is 0.568. The Balaban J connectivity index is 2.43. The summed E-state index contributed by atoms with van der Waals surface area (Å²) in [6.45, 7) is 11.0. The summed E-state index contributed by atoms with van der Waals surface area (Å²) in [5, 5.41) is 8.02. The molecule has 0 saturated heterocycles. The molecule has 1 aromatic heterocycles. The number of hydrogen-bond acceptors (Lipinski definition) is 3. The highest BCUT2D eigenvalue weighted by Crippen LogP contribution is 2.12. The van der Waals surface area contributed by atoms with Gasteiger partial charge in [-0.15, -0.1) is 0 Å². The molecule has 0 amide bonds. The molecule has 0 radical (unpaired) electrons. The molecule has 0 fully saturated rings. The summed E-state index contributed by atoms with van der Waals surface area (Å²) in [5.74, 6) is 3.22. The lowest BCUT2D eigenvalue weighted by Gasteiger charge is -2.18. The fraction of sp³-hybridized carbons (Fsp3) is 0.800. The lowest BCUT2D eigenvalue weighted by molar-refractivity contribution is 0.549. The fourth-order valence-corrected chi connectivity index (χ4v) is 3.08. The van der Waals surface area contributed by atoms with E-state index in [-0.39, 0.29) is 0 Å². The van der Waals surface area contributed by atoms with Gasteiger partial charge in [-0.1, -0.05) is 20.8 Å². The van der Waals surface area contributed by atoms with Gasteiger partial charge in [0.2, 0.25) is 0 Å². The molecule has 0 spiro atoms. The first-order valence-electron chi connectivity index (χ1n) is 7.48. The van der Waals surface area contributed by atoms with Gasteiger partial charge in [-0.05, 0) is 43.5 Å². The molecule has 1 aromatic rings. The Morgan fingerprint density at radius 2 is 2.11 bits per heavy atom. The Morgan fingerprint density at radius 1 is 1.32 bits per heavy atom. The topological polar surface area (TPSA) is 29.9 Å². The van der Waals surface area contributed by atoms with Crippen molar-refractivity contribution in [2.75, 3.05) is 18.1 Å². The molecule has 0 aliphatic rings. The Hall–Kier alpha value is -0.480. The predicted molar refractivity (Wildman–Crippen MR) is 85.8 cm³/mol. The summed E-state index contributed by atoms with van der Waals surface area (Å²) >= 11 is 2.06. The van der Waals surface area contributed by atoms with Crippen molar-refractivity contribution in [3.05, 3.63) is 18.0 Å². The van der Waals surface area contributed by atoms with E-state index in [1.165, 1.54) is 23.5 Å². The maximum atomic E-state index is 4.36. The Bertz CT molecular complexity index is 336. The number of thioether (sulfide) groups is 1. The van der Waals surface area contributed by atoms with Gasteiger partial charge in [0.1, 0.15) is 0 Å². The largest absolute Gasteiger partial charge is 0.313 e. The molecule has 0 aliphatic heterocycles. The SMILES string of the molecule is CCCNC(CSCC(C)C)Cc1cnn(CC)c1. The van der Waals surface area contributed by atoms with Crippen molar-refractivity contribution < 1.29 is 0 Å². The van der Waals surface area contributed by atoms with E-state index in [1.54, 1.807) is 0 Å². The van der Waals surface area contributed by atoms with Crippen LogP contribution in [0.4, 0.5) is 0 Å². The summed E-state index contributed by atoms with van der Waals surface area (Å²) < 4.78 is 2.01. The first kappa shape index (κ1) is 16.6. The minimum Gasteiger partial charge on any atom is -0.313 e. The van der Waals surface area contributed by atoms with Gasteiger partial charge in [-0.2, -0.15) is 16.9 Å². The lowest BCUT2D eigenvalue weighted by atomic mass is 10.1. The van der Waals surface area contributed by atoms with E-state index >= 15 is 0 Å². The standard InChI is InChI=1S/C15H29N3S/c1-5-7-16-15(12-19-11-13(3)4)8-14-9-17-18(6-2)10-14/h9-10,13,15-16H,5-8,11-12H2,1-4H3. The van der Waals surface area contributed by atoms with Crippen LogP contribution in [0.2, 0.25) is 0 Å². The van der Waals surface area contributed by atoms with Gasteiger partial charge in [0.05, 0.1) is 6.20 Å². The fourth-order valence-electron chi connectivity index (χ4n) is 1.95. The molecular formula is C15H29N3S. The Kier molecular flexibility index (Phi) is 8.22. The highest BCUT2D eigenvalue weighted by atomic mass is 32.2. The quantitative estimate of drug-likeness (QED) is 0.715.